The van der Waals surface area contributed by atoms with E-state index in [9.17, 15) is 19.2 Å². The van der Waals surface area contributed by atoms with E-state index in [0.717, 1.165) is 9.47 Å². The van der Waals surface area contributed by atoms with Gasteiger partial charge in [-0.25, -0.2) is 4.79 Å². The summed E-state index contributed by atoms with van der Waals surface area (Å²) in [6, 6.07) is 0. The van der Waals surface area contributed by atoms with E-state index in [1.165, 1.54) is 23.2 Å². The molecule has 3 rings (SSSR count). The van der Waals surface area contributed by atoms with Crippen molar-refractivity contribution in [1.29, 1.82) is 0 Å². The molecule has 0 unspecified atom stereocenters. The fraction of sp³-hybridized carbons (Fsp3) is 0.462. The van der Waals surface area contributed by atoms with Crippen LogP contribution < -0.4 is 11.2 Å². The lowest BCUT2D eigenvalue weighted by atomic mass is 10.4. The quantitative estimate of drug-likeness (QED) is 0.669. The van der Waals surface area contributed by atoms with Gasteiger partial charge < -0.3 is 0 Å². The number of imidazole rings is 1. The predicted octanol–water partition coefficient (Wildman–Crippen LogP) is -0.764. The molecule has 0 bridgehead atoms. The zero-order valence-electron chi connectivity index (χ0n) is 12.6. The lowest BCUT2D eigenvalue weighted by Crippen LogP contribution is -2.38. The van der Waals surface area contributed by atoms with E-state index in [-0.39, 0.29) is 28.9 Å². The van der Waals surface area contributed by atoms with E-state index in [0.29, 0.717) is 19.4 Å². The summed E-state index contributed by atoms with van der Waals surface area (Å²) in [6.45, 7) is 0.0763. The van der Waals surface area contributed by atoms with E-state index >= 15 is 0 Å². The van der Waals surface area contributed by atoms with Crippen LogP contribution in [0.5, 0.6) is 0 Å². The van der Waals surface area contributed by atoms with Crippen LogP contribution in [-0.2, 0) is 30.2 Å². The van der Waals surface area contributed by atoms with Crippen LogP contribution in [0.15, 0.2) is 9.59 Å². The van der Waals surface area contributed by atoms with Gasteiger partial charge in [0.2, 0.25) is 17.1 Å². The molecule has 9 nitrogen and oxygen atoms in total. The molecule has 122 valence electrons. The Balaban J connectivity index is 2.13. The van der Waals surface area contributed by atoms with Gasteiger partial charge in [0.1, 0.15) is 6.54 Å². The Labute approximate surface area is 134 Å². The molecule has 0 aliphatic carbocycles. The SMILES string of the molecule is Cn1c(=O)c2c(nc(Cl)n2CC(=O)N2CCCC2=O)n(C)c1=O. The van der Waals surface area contributed by atoms with Gasteiger partial charge in [0.25, 0.3) is 5.56 Å². The van der Waals surface area contributed by atoms with Crippen molar-refractivity contribution in [2.24, 2.45) is 14.1 Å². The van der Waals surface area contributed by atoms with Gasteiger partial charge in [-0.3, -0.25) is 33.0 Å². The average molecular weight is 340 g/mol. The molecule has 23 heavy (non-hydrogen) atoms. The van der Waals surface area contributed by atoms with Crippen molar-refractivity contribution in [3.05, 3.63) is 26.1 Å². The van der Waals surface area contributed by atoms with Crippen LogP contribution in [0.4, 0.5) is 0 Å². The van der Waals surface area contributed by atoms with Gasteiger partial charge in [-0.05, 0) is 18.0 Å². The number of amides is 2. The van der Waals surface area contributed by atoms with Gasteiger partial charge in [-0.1, -0.05) is 0 Å². The van der Waals surface area contributed by atoms with Crippen LogP contribution in [-0.4, -0.2) is 41.9 Å². The van der Waals surface area contributed by atoms with Gasteiger partial charge in [-0.2, -0.15) is 4.98 Å². The molecule has 3 heterocycles. The lowest BCUT2D eigenvalue weighted by molar-refractivity contribution is -0.142. The standard InChI is InChI=1S/C13H14ClN5O4/c1-16-10-9(11(22)17(2)13(16)23)19(12(14)15-10)6-8(21)18-5-3-4-7(18)20/h3-6H2,1-2H3. The molecule has 0 saturated carbocycles. The number of hydrogen-bond donors (Lipinski definition) is 0. The third kappa shape index (κ3) is 2.27. The molecule has 0 aromatic carbocycles. The highest BCUT2D eigenvalue weighted by Gasteiger charge is 2.28. The molecule has 1 saturated heterocycles. The Kier molecular flexibility index (Phi) is 3.59. The van der Waals surface area contributed by atoms with Crippen molar-refractivity contribution >= 4 is 34.6 Å². The molecule has 2 aromatic rings. The smallest absolute Gasteiger partial charge is 0.299 e. The number of carbonyl (C=O) groups excluding carboxylic acids is 2. The third-order valence-corrected chi connectivity index (χ3v) is 4.26. The number of aryl methyl sites for hydroxylation is 1. The summed E-state index contributed by atoms with van der Waals surface area (Å²) in [7, 11) is 2.80. The van der Waals surface area contributed by atoms with Crippen LogP contribution in [0, 0.1) is 0 Å². The van der Waals surface area contributed by atoms with Crippen LogP contribution in [0.25, 0.3) is 11.2 Å². The molecular formula is C13H14ClN5O4. The predicted molar refractivity (Wildman–Crippen MR) is 81.2 cm³/mol. The first-order valence-electron chi connectivity index (χ1n) is 6.98. The van der Waals surface area contributed by atoms with Gasteiger partial charge >= 0.3 is 5.69 Å². The van der Waals surface area contributed by atoms with Gasteiger partial charge in [0.15, 0.2) is 11.2 Å². The number of hydrogen-bond acceptors (Lipinski definition) is 5. The Hall–Kier alpha value is -2.42. The molecule has 1 aliphatic heterocycles. The van der Waals surface area contributed by atoms with Gasteiger partial charge in [0, 0.05) is 27.1 Å². The van der Waals surface area contributed by atoms with Gasteiger partial charge in [-0.15, -0.1) is 0 Å². The first-order valence-corrected chi connectivity index (χ1v) is 7.35. The molecular weight excluding hydrogens is 326 g/mol. The highest BCUT2D eigenvalue weighted by Crippen LogP contribution is 2.17. The van der Waals surface area contributed by atoms with Crippen molar-refractivity contribution in [2.45, 2.75) is 19.4 Å². The van der Waals surface area contributed by atoms with Crippen LogP contribution in [0.2, 0.25) is 5.28 Å². The van der Waals surface area contributed by atoms with Crippen LogP contribution in [0.3, 0.4) is 0 Å². The minimum atomic E-state index is -0.594. The zero-order valence-corrected chi connectivity index (χ0v) is 13.3. The number of rotatable bonds is 2. The summed E-state index contributed by atoms with van der Waals surface area (Å²) < 4.78 is 3.33. The lowest BCUT2D eigenvalue weighted by Gasteiger charge is -2.14. The molecule has 10 heteroatoms. The number of nitrogens with zero attached hydrogens (tertiary/aromatic N) is 5. The maximum Gasteiger partial charge on any atom is 0.332 e. The molecule has 0 spiro atoms. The highest BCUT2D eigenvalue weighted by molar-refractivity contribution is 6.29. The van der Waals surface area contributed by atoms with Crippen molar-refractivity contribution in [1.82, 2.24) is 23.6 Å². The van der Waals surface area contributed by atoms with Crippen LogP contribution >= 0.6 is 11.6 Å². The molecule has 2 aromatic heterocycles. The number of imide groups is 1. The van der Waals surface area contributed by atoms with Crippen molar-refractivity contribution < 1.29 is 9.59 Å². The van der Waals surface area contributed by atoms with E-state index in [1.54, 1.807) is 0 Å². The highest BCUT2D eigenvalue weighted by atomic mass is 35.5. The van der Waals surface area contributed by atoms with E-state index in [4.69, 9.17) is 11.6 Å². The number of carbonyl (C=O) groups is 2. The number of likely N-dealkylation sites (tertiary alicyclic amines) is 1. The molecule has 0 N–H and O–H groups in total. The van der Waals surface area contributed by atoms with Crippen LogP contribution in [0.1, 0.15) is 12.8 Å². The maximum absolute atomic E-state index is 12.3. The van der Waals surface area contributed by atoms with E-state index in [2.05, 4.69) is 4.98 Å². The van der Waals surface area contributed by atoms with Gasteiger partial charge in [0.05, 0.1) is 0 Å². The Bertz CT molecular complexity index is 954. The second-order valence-corrected chi connectivity index (χ2v) is 5.73. The maximum atomic E-state index is 12.3. The zero-order chi connectivity index (χ0) is 16.9. The third-order valence-electron chi connectivity index (χ3n) is 3.97. The summed E-state index contributed by atoms with van der Waals surface area (Å²) in [5.41, 5.74) is -0.976. The minimum Gasteiger partial charge on any atom is -0.299 e. The fourth-order valence-corrected chi connectivity index (χ4v) is 2.92. The topological polar surface area (TPSA) is 99.2 Å². The number of aromatic nitrogens is 4. The summed E-state index contributed by atoms with van der Waals surface area (Å²) in [5.74, 6) is -0.694. The molecule has 2 amide bonds. The average Bonchev–Trinajstić information content (AvgIpc) is 3.07. The Morgan fingerprint density at radius 2 is 1.91 bits per heavy atom. The first kappa shape index (κ1) is 15.5. The normalized spacial score (nSPS) is 14.9. The van der Waals surface area contributed by atoms with Crippen molar-refractivity contribution in [3.8, 4) is 0 Å². The molecule has 1 fully saturated rings. The second kappa shape index (κ2) is 5.34. The number of fused-ring (bicyclic) bond motifs is 1. The van der Waals surface area contributed by atoms with Crippen molar-refractivity contribution in [2.75, 3.05) is 6.54 Å². The summed E-state index contributed by atoms with van der Waals surface area (Å²) in [5, 5.41) is -0.0849. The monoisotopic (exact) mass is 339 g/mol. The van der Waals surface area contributed by atoms with E-state index < -0.39 is 17.2 Å². The largest absolute Gasteiger partial charge is 0.332 e. The summed E-state index contributed by atoms with van der Waals surface area (Å²) >= 11 is 6.04. The summed E-state index contributed by atoms with van der Waals surface area (Å²) in [6.07, 6.45) is 0.958. The second-order valence-electron chi connectivity index (χ2n) is 5.39. The fourth-order valence-electron chi connectivity index (χ4n) is 2.70. The number of halogens is 1. The van der Waals surface area contributed by atoms with E-state index in [1.807, 2.05) is 0 Å². The Morgan fingerprint density at radius 1 is 1.22 bits per heavy atom. The summed E-state index contributed by atoms with van der Waals surface area (Å²) in [4.78, 5) is 53.3. The minimum absolute atomic E-state index is 0.0552. The molecule has 0 atom stereocenters. The van der Waals surface area contributed by atoms with Crippen molar-refractivity contribution in [3.63, 3.8) is 0 Å². The first-order chi connectivity index (χ1) is 10.8. The Morgan fingerprint density at radius 3 is 2.52 bits per heavy atom. The molecule has 0 radical (unpaired) electrons. The molecule has 1 aliphatic rings.